The summed E-state index contributed by atoms with van der Waals surface area (Å²) in [5.74, 6) is 1.28. The van der Waals surface area contributed by atoms with Gasteiger partial charge in [-0.2, -0.15) is 11.8 Å². The van der Waals surface area contributed by atoms with E-state index < -0.39 is 0 Å². The monoisotopic (exact) mass is 173 g/mol. The summed E-state index contributed by atoms with van der Waals surface area (Å²) >= 11 is 2.08. The maximum Gasteiger partial charge on any atom is 0.00685 e. The lowest BCUT2D eigenvalue weighted by atomic mass is 10.4. The molecule has 1 N–H and O–H groups in total. The number of rotatable bonds is 6. The number of hydrogen-bond donors (Lipinski definition) is 1. The molecule has 1 saturated carbocycles. The van der Waals surface area contributed by atoms with Gasteiger partial charge in [-0.1, -0.05) is 13.8 Å². The largest absolute Gasteiger partial charge is 0.313 e. The number of thioether (sulfide) groups is 1. The van der Waals surface area contributed by atoms with Crippen LogP contribution in [-0.2, 0) is 0 Å². The minimum atomic E-state index is 0.844. The molecule has 0 spiro atoms. The quantitative estimate of drug-likeness (QED) is 0.618. The summed E-state index contributed by atoms with van der Waals surface area (Å²) in [7, 11) is 0. The van der Waals surface area contributed by atoms with Gasteiger partial charge in [0, 0.05) is 23.6 Å². The highest BCUT2D eigenvalue weighted by molar-refractivity contribution is 7.99. The summed E-state index contributed by atoms with van der Waals surface area (Å²) in [5.41, 5.74) is 0. The Kier molecular flexibility index (Phi) is 4.31. The van der Waals surface area contributed by atoms with E-state index in [2.05, 4.69) is 30.9 Å². The van der Waals surface area contributed by atoms with Crippen molar-refractivity contribution < 1.29 is 0 Å². The summed E-state index contributed by atoms with van der Waals surface area (Å²) < 4.78 is 0. The van der Waals surface area contributed by atoms with Crippen molar-refractivity contribution in [1.29, 1.82) is 0 Å². The average molecular weight is 173 g/mol. The van der Waals surface area contributed by atoms with Crippen LogP contribution in [0.4, 0.5) is 0 Å². The molecule has 0 amide bonds. The predicted octanol–water partition coefficient (Wildman–Crippen LogP) is 2.27. The third kappa shape index (κ3) is 4.70. The van der Waals surface area contributed by atoms with E-state index in [1.165, 1.54) is 31.6 Å². The van der Waals surface area contributed by atoms with Crippen LogP contribution in [0.1, 0.15) is 33.1 Å². The second-order valence-electron chi connectivity index (χ2n) is 3.32. The van der Waals surface area contributed by atoms with Crippen LogP contribution in [0.2, 0.25) is 0 Å². The molecule has 1 aliphatic carbocycles. The van der Waals surface area contributed by atoms with Gasteiger partial charge in [0.15, 0.2) is 0 Å². The van der Waals surface area contributed by atoms with E-state index in [4.69, 9.17) is 0 Å². The fraction of sp³-hybridized carbons (Fsp3) is 1.00. The van der Waals surface area contributed by atoms with Crippen molar-refractivity contribution >= 4 is 11.8 Å². The first-order valence-electron chi connectivity index (χ1n) is 4.68. The summed E-state index contributed by atoms with van der Waals surface area (Å²) in [6, 6.07) is 0.882. The molecule has 0 aromatic heterocycles. The van der Waals surface area contributed by atoms with Gasteiger partial charge in [-0.3, -0.25) is 0 Å². The molecule has 0 heterocycles. The number of hydrogen-bond acceptors (Lipinski definition) is 2. The SMILES string of the molecule is CCC(C)SCCNC1CC1. The molecule has 0 saturated heterocycles. The molecule has 1 nitrogen and oxygen atoms in total. The maximum absolute atomic E-state index is 3.52. The molecule has 1 fully saturated rings. The van der Waals surface area contributed by atoms with E-state index in [0.717, 1.165) is 11.3 Å². The molecule has 0 radical (unpaired) electrons. The fourth-order valence-corrected chi connectivity index (χ4v) is 1.80. The Labute approximate surface area is 74.3 Å². The van der Waals surface area contributed by atoms with Gasteiger partial charge in [-0.25, -0.2) is 0 Å². The van der Waals surface area contributed by atoms with E-state index >= 15 is 0 Å². The standard InChI is InChI=1S/C9H19NS/c1-3-8(2)11-7-6-10-9-4-5-9/h8-10H,3-7H2,1-2H3. The minimum absolute atomic E-state index is 0.844. The summed E-state index contributed by atoms with van der Waals surface area (Å²) in [4.78, 5) is 0. The Morgan fingerprint density at radius 3 is 2.82 bits per heavy atom. The Bertz CT molecular complexity index is 102. The first-order chi connectivity index (χ1) is 5.33. The molecule has 2 heteroatoms. The molecule has 0 aromatic rings. The van der Waals surface area contributed by atoms with Crippen molar-refractivity contribution in [3.8, 4) is 0 Å². The van der Waals surface area contributed by atoms with Crippen LogP contribution in [0.3, 0.4) is 0 Å². The lowest BCUT2D eigenvalue weighted by Crippen LogP contribution is -2.19. The van der Waals surface area contributed by atoms with Crippen molar-refractivity contribution in [2.45, 2.75) is 44.4 Å². The molecule has 1 aliphatic rings. The van der Waals surface area contributed by atoms with E-state index in [9.17, 15) is 0 Å². The topological polar surface area (TPSA) is 12.0 Å². The summed E-state index contributed by atoms with van der Waals surface area (Å²) in [6.07, 6.45) is 4.12. The lowest BCUT2D eigenvalue weighted by Gasteiger charge is -2.07. The van der Waals surface area contributed by atoms with Gasteiger partial charge in [-0.05, 0) is 19.3 Å². The third-order valence-corrected chi connectivity index (χ3v) is 3.43. The lowest BCUT2D eigenvalue weighted by molar-refractivity contribution is 0.724. The Morgan fingerprint density at radius 2 is 2.27 bits per heavy atom. The Hall–Kier alpha value is 0.310. The van der Waals surface area contributed by atoms with Crippen molar-refractivity contribution in [3.05, 3.63) is 0 Å². The molecule has 1 atom stereocenters. The summed E-state index contributed by atoms with van der Waals surface area (Å²) in [6.45, 7) is 5.77. The predicted molar refractivity (Wildman–Crippen MR) is 53.2 cm³/mol. The van der Waals surface area contributed by atoms with Crippen molar-refractivity contribution in [2.24, 2.45) is 0 Å². The van der Waals surface area contributed by atoms with Crippen LogP contribution >= 0.6 is 11.8 Å². The van der Waals surface area contributed by atoms with E-state index in [-0.39, 0.29) is 0 Å². The molecular weight excluding hydrogens is 154 g/mol. The first-order valence-corrected chi connectivity index (χ1v) is 5.72. The zero-order valence-electron chi connectivity index (χ0n) is 7.60. The zero-order chi connectivity index (χ0) is 8.10. The van der Waals surface area contributed by atoms with Crippen LogP contribution in [-0.4, -0.2) is 23.6 Å². The highest BCUT2D eigenvalue weighted by Crippen LogP contribution is 2.19. The highest BCUT2D eigenvalue weighted by Gasteiger charge is 2.19. The van der Waals surface area contributed by atoms with Gasteiger partial charge in [0.2, 0.25) is 0 Å². The van der Waals surface area contributed by atoms with E-state index in [0.29, 0.717) is 0 Å². The Balaban J connectivity index is 1.79. The molecule has 11 heavy (non-hydrogen) atoms. The maximum atomic E-state index is 3.52. The molecule has 0 bridgehead atoms. The zero-order valence-corrected chi connectivity index (χ0v) is 8.41. The van der Waals surface area contributed by atoms with Crippen LogP contribution in [0.25, 0.3) is 0 Å². The molecule has 1 unspecified atom stereocenters. The van der Waals surface area contributed by atoms with Gasteiger partial charge >= 0.3 is 0 Å². The molecule has 0 aliphatic heterocycles. The average Bonchev–Trinajstić information content (AvgIpc) is 2.81. The van der Waals surface area contributed by atoms with Gasteiger partial charge < -0.3 is 5.32 Å². The van der Waals surface area contributed by atoms with Gasteiger partial charge in [0.1, 0.15) is 0 Å². The molecular formula is C9H19NS. The van der Waals surface area contributed by atoms with Crippen LogP contribution in [0.15, 0.2) is 0 Å². The smallest absolute Gasteiger partial charge is 0.00685 e. The van der Waals surface area contributed by atoms with Gasteiger partial charge in [0.25, 0.3) is 0 Å². The van der Waals surface area contributed by atoms with Crippen LogP contribution in [0, 0.1) is 0 Å². The van der Waals surface area contributed by atoms with Gasteiger partial charge in [-0.15, -0.1) is 0 Å². The van der Waals surface area contributed by atoms with E-state index in [1.807, 2.05) is 0 Å². The summed E-state index contributed by atoms with van der Waals surface area (Å²) in [5, 5.41) is 4.36. The second-order valence-corrected chi connectivity index (χ2v) is 4.86. The second kappa shape index (κ2) is 5.04. The third-order valence-electron chi connectivity index (χ3n) is 2.09. The fourth-order valence-electron chi connectivity index (χ4n) is 0.928. The first kappa shape index (κ1) is 9.40. The normalized spacial score (nSPS) is 20.2. The van der Waals surface area contributed by atoms with Crippen molar-refractivity contribution in [3.63, 3.8) is 0 Å². The minimum Gasteiger partial charge on any atom is -0.313 e. The molecule has 1 rings (SSSR count). The van der Waals surface area contributed by atoms with Crippen LogP contribution in [0.5, 0.6) is 0 Å². The van der Waals surface area contributed by atoms with Crippen molar-refractivity contribution in [1.82, 2.24) is 5.32 Å². The highest BCUT2D eigenvalue weighted by atomic mass is 32.2. The number of nitrogens with one attached hydrogen (secondary N) is 1. The van der Waals surface area contributed by atoms with Crippen LogP contribution < -0.4 is 5.32 Å². The molecule has 0 aromatic carbocycles. The van der Waals surface area contributed by atoms with Gasteiger partial charge in [0.05, 0.1) is 0 Å². The van der Waals surface area contributed by atoms with Crippen molar-refractivity contribution in [2.75, 3.05) is 12.3 Å². The van der Waals surface area contributed by atoms with E-state index in [1.54, 1.807) is 0 Å². The Morgan fingerprint density at radius 1 is 1.55 bits per heavy atom. The molecule has 66 valence electrons.